The van der Waals surface area contributed by atoms with Crippen LogP contribution in [0.1, 0.15) is 5.56 Å². The molecule has 0 spiro atoms. The summed E-state index contributed by atoms with van der Waals surface area (Å²) in [5.41, 5.74) is 0.112. The normalized spacial score (nSPS) is 28.7. The largest absolute Gasteiger partial charge is 0.316 e. The number of piperidine rings is 1. The molecular weight excluding hydrogens is 286 g/mol. The highest BCUT2D eigenvalue weighted by Crippen LogP contribution is 2.42. The summed E-state index contributed by atoms with van der Waals surface area (Å²) in [6.07, 6.45) is 0. The fourth-order valence-electron chi connectivity index (χ4n) is 2.65. The van der Waals surface area contributed by atoms with Crippen molar-refractivity contribution in [2.75, 3.05) is 13.1 Å². The Bertz CT molecular complexity index is 658. The Morgan fingerprint density at radius 3 is 2.68 bits per heavy atom. The van der Waals surface area contributed by atoms with Crippen molar-refractivity contribution in [3.63, 3.8) is 0 Å². The van der Waals surface area contributed by atoms with Gasteiger partial charge in [-0.05, 0) is 43.1 Å². The second-order valence-corrected chi connectivity index (χ2v) is 7.00. The van der Waals surface area contributed by atoms with Crippen LogP contribution in [0.2, 0.25) is 5.02 Å². The van der Waals surface area contributed by atoms with Gasteiger partial charge in [-0.25, -0.2) is 13.1 Å². The van der Waals surface area contributed by atoms with Crippen molar-refractivity contribution < 1.29 is 8.42 Å². The third kappa shape index (κ3) is 2.23. The summed E-state index contributed by atoms with van der Waals surface area (Å²) in [6.45, 7) is 1.69. The van der Waals surface area contributed by atoms with Gasteiger partial charge in [0.25, 0.3) is 0 Å². The molecule has 0 radical (unpaired) electrons. The van der Waals surface area contributed by atoms with Gasteiger partial charge in [0.1, 0.15) is 11.0 Å². The van der Waals surface area contributed by atoms with Gasteiger partial charge in [0.15, 0.2) is 0 Å². The summed E-state index contributed by atoms with van der Waals surface area (Å²) in [7, 11) is -3.69. The van der Waals surface area contributed by atoms with Crippen molar-refractivity contribution in [3.05, 3.63) is 28.8 Å². The first-order chi connectivity index (χ1) is 9.03. The number of benzene rings is 1. The Kier molecular flexibility index (Phi) is 3.02. The molecule has 1 aliphatic heterocycles. The van der Waals surface area contributed by atoms with Crippen molar-refractivity contribution in [1.82, 2.24) is 10.0 Å². The quantitative estimate of drug-likeness (QED) is 0.861. The Morgan fingerprint density at radius 2 is 2.05 bits per heavy atom. The first-order valence-electron chi connectivity index (χ1n) is 5.95. The molecule has 0 amide bonds. The van der Waals surface area contributed by atoms with E-state index in [-0.39, 0.29) is 16.5 Å². The maximum atomic E-state index is 12.3. The zero-order chi connectivity index (χ0) is 13.6. The molecule has 1 aliphatic carbocycles. The average Bonchev–Trinajstić information content (AvgIpc) is 2.82. The monoisotopic (exact) mass is 297 g/mol. The van der Waals surface area contributed by atoms with Gasteiger partial charge in [-0.1, -0.05) is 11.6 Å². The van der Waals surface area contributed by atoms with Crippen LogP contribution in [0.4, 0.5) is 0 Å². The summed E-state index contributed by atoms with van der Waals surface area (Å²) in [6, 6.07) is 6.12. The molecule has 3 rings (SSSR count). The molecule has 100 valence electrons. The summed E-state index contributed by atoms with van der Waals surface area (Å²) in [5, 5.41) is 12.5. The number of rotatable bonds is 3. The van der Waals surface area contributed by atoms with Crippen LogP contribution >= 0.6 is 11.6 Å². The first kappa shape index (κ1) is 12.9. The second kappa shape index (κ2) is 4.46. The lowest BCUT2D eigenvalue weighted by Crippen LogP contribution is -2.32. The molecule has 2 atom stereocenters. The molecule has 2 unspecified atom stereocenters. The van der Waals surface area contributed by atoms with E-state index < -0.39 is 10.0 Å². The first-order valence-corrected chi connectivity index (χ1v) is 7.82. The molecule has 1 aromatic rings. The van der Waals surface area contributed by atoms with Crippen LogP contribution in [0.5, 0.6) is 0 Å². The summed E-state index contributed by atoms with van der Waals surface area (Å²) < 4.78 is 27.3. The van der Waals surface area contributed by atoms with Crippen LogP contribution in [-0.4, -0.2) is 27.5 Å². The van der Waals surface area contributed by atoms with Crippen molar-refractivity contribution in [2.24, 2.45) is 11.8 Å². The molecule has 1 saturated carbocycles. The summed E-state index contributed by atoms with van der Waals surface area (Å²) in [4.78, 5) is -0.0413. The molecule has 0 aromatic heterocycles. The van der Waals surface area contributed by atoms with Gasteiger partial charge in [-0.15, -0.1) is 0 Å². The van der Waals surface area contributed by atoms with Gasteiger partial charge in [-0.2, -0.15) is 5.26 Å². The Balaban J connectivity index is 1.88. The average molecular weight is 298 g/mol. The van der Waals surface area contributed by atoms with Gasteiger partial charge >= 0.3 is 0 Å². The maximum absolute atomic E-state index is 12.3. The number of hydrogen-bond acceptors (Lipinski definition) is 4. The van der Waals surface area contributed by atoms with E-state index in [1.54, 1.807) is 0 Å². The van der Waals surface area contributed by atoms with Crippen LogP contribution < -0.4 is 10.0 Å². The molecule has 1 heterocycles. The highest BCUT2D eigenvalue weighted by atomic mass is 35.5. The molecule has 1 aromatic carbocycles. The predicted molar refractivity (Wildman–Crippen MR) is 70.1 cm³/mol. The van der Waals surface area contributed by atoms with Crippen molar-refractivity contribution in [2.45, 2.75) is 10.9 Å². The minimum absolute atomic E-state index is 0.0169. The topological polar surface area (TPSA) is 82.0 Å². The Labute approximate surface area is 116 Å². The summed E-state index contributed by atoms with van der Waals surface area (Å²) >= 11 is 5.82. The molecule has 2 aliphatic rings. The van der Waals surface area contributed by atoms with E-state index >= 15 is 0 Å². The minimum Gasteiger partial charge on any atom is -0.316 e. The number of sulfonamides is 1. The molecule has 0 bridgehead atoms. The van der Waals surface area contributed by atoms with E-state index in [0.29, 0.717) is 16.9 Å². The van der Waals surface area contributed by atoms with Gasteiger partial charge < -0.3 is 5.32 Å². The minimum atomic E-state index is -3.69. The Morgan fingerprint density at radius 1 is 1.37 bits per heavy atom. The smallest absolute Gasteiger partial charge is 0.242 e. The fraction of sp³-hybridized carbons (Fsp3) is 0.417. The van der Waals surface area contributed by atoms with Crippen LogP contribution in [0.15, 0.2) is 23.1 Å². The van der Waals surface area contributed by atoms with E-state index in [4.69, 9.17) is 16.9 Å². The molecular formula is C12H12ClN3O2S. The van der Waals surface area contributed by atoms with Crippen molar-refractivity contribution in [3.8, 4) is 6.07 Å². The zero-order valence-electron chi connectivity index (χ0n) is 9.93. The fourth-order valence-corrected chi connectivity index (χ4v) is 4.40. The highest BCUT2D eigenvalue weighted by Gasteiger charge is 2.54. The van der Waals surface area contributed by atoms with Gasteiger partial charge in [0.05, 0.1) is 5.56 Å². The van der Waals surface area contributed by atoms with Crippen molar-refractivity contribution in [1.29, 1.82) is 5.26 Å². The number of hydrogen-bond donors (Lipinski definition) is 2. The van der Waals surface area contributed by atoms with Crippen LogP contribution in [-0.2, 0) is 10.0 Å². The number of fused-ring (bicyclic) bond motifs is 1. The standard InChI is InChI=1S/C12H12ClN3O2S/c13-8-2-1-7(4-14)11(3-8)19(17,18)16-12-9-5-15-6-10(9)12/h1-3,9-10,12,15-16H,5-6H2. The highest BCUT2D eigenvalue weighted by molar-refractivity contribution is 7.89. The van der Waals surface area contributed by atoms with Gasteiger partial charge in [0.2, 0.25) is 10.0 Å². The molecule has 5 nitrogen and oxygen atoms in total. The van der Waals surface area contributed by atoms with Gasteiger partial charge in [0, 0.05) is 11.1 Å². The second-order valence-electron chi connectivity index (χ2n) is 4.89. The van der Waals surface area contributed by atoms with E-state index in [2.05, 4.69) is 10.0 Å². The van der Waals surface area contributed by atoms with Crippen LogP contribution in [0.3, 0.4) is 0 Å². The maximum Gasteiger partial charge on any atom is 0.242 e. The van der Waals surface area contributed by atoms with Gasteiger partial charge in [-0.3, -0.25) is 0 Å². The lowest BCUT2D eigenvalue weighted by molar-refractivity contribution is 0.565. The van der Waals surface area contributed by atoms with E-state index in [0.717, 1.165) is 13.1 Å². The lowest BCUT2D eigenvalue weighted by Gasteiger charge is -2.10. The Hall–Kier alpha value is -1.13. The number of nitrogens with one attached hydrogen (secondary N) is 2. The van der Waals surface area contributed by atoms with Crippen molar-refractivity contribution >= 4 is 21.6 Å². The third-order valence-corrected chi connectivity index (χ3v) is 5.47. The summed E-state index contributed by atoms with van der Waals surface area (Å²) in [5.74, 6) is 0.749. The van der Waals surface area contributed by atoms with Crippen LogP contribution in [0.25, 0.3) is 0 Å². The molecule has 19 heavy (non-hydrogen) atoms. The third-order valence-electron chi connectivity index (χ3n) is 3.74. The van der Waals surface area contributed by atoms with E-state index in [1.165, 1.54) is 18.2 Å². The number of halogens is 1. The SMILES string of the molecule is N#Cc1ccc(Cl)cc1S(=O)(=O)NC1C2CNCC21. The molecule has 7 heteroatoms. The molecule has 1 saturated heterocycles. The number of nitriles is 1. The molecule has 2 N–H and O–H groups in total. The number of nitrogens with zero attached hydrogens (tertiary/aromatic N) is 1. The van der Waals surface area contributed by atoms with Crippen LogP contribution in [0, 0.1) is 23.2 Å². The zero-order valence-corrected chi connectivity index (χ0v) is 11.5. The molecule has 2 fully saturated rings. The predicted octanol–water partition coefficient (Wildman–Crippen LogP) is 0.708. The van der Waals surface area contributed by atoms with E-state index in [1.807, 2.05) is 6.07 Å². The lowest BCUT2D eigenvalue weighted by atomic mass is 10.2. The van der Waals surface area contributed by atoms with E-state index in [9.17, 15) is 8.42 Å².